The summed E-state index contributed by atoms with van der Waals surface area (Å²) in [5, 5.41) is 0.684. The summed E-state index contributed by atoms with van der Waals surface area (Å²) in [5.74, 6) is 3.02. The van der Waals surface area contributed by atoms with Crippen LogP contribution in [-0.4, -0.2) is 42.8 Å². The first kappa shape index (κ1) is 24.0. The molecule has 2 heterocycles. The summed E-state index contributed by atoms with van der Waals surface area (Å²) in [6.07, 6.45) is 1.18. The Labute approximate surface area is 215 Å². The second kappa shape index (κ2) is 10.5. The first-order chi connectivity index (χ1) is 17.6. The number of fused-ring (bicyclic) bond motifs is 1. The van der Waals surface area contributed by atoms with E-state index in [0.29, 0.717) is 41.8 Å². The van der Waals surface area contributed by atoms with Crippen LogP contribution >= 0.6 is 11.6 Å². The number of benzene rings is 3. The molecule has 7 nitrogen and oxygen atoms in total. The Balaban J connectivity index is 1.37. The largest absolute Gasteiger partial charge is 0.497 e. The van der Waals surface area contributed by atoms with Gasteiger partial charge in [-0.3, -0.25) is 4.79 Å². The van der Waals surface area contributed by atoms with Gasteiger partial charge in [0.05, 0.1) is 37.5 Å². The van der Waals surface area contributed by atoms with Crippen molar-refractivity contribution in [2.45, 2.75) is 25.3 Å². The minimum Gasteiger partial charge on any atom is -0.497 e. The molecule has 1 atom stereocenters. The highest BCUT2D eigenvalue weighted by Crippen LogP contribution is 2.39. The smallest absolute Gasteiger partial charge is 0.227 e. The predicted octanol–water partition coefficient (Wildman–Crippen LogP) is 5.70. The highest BCUT2D eigenvalue weighted by atomic mass is 35.5. The van der Waals surface area contributed by atoms with Gasteiger partial charge in [0.2, 0.25) is 5.91 Å². The Morgan fingerprint density at radius 2 is 1.78 bits per heavy atom. The maximum Gasteiger partial charge on any atom is 0.227 e. The lowest BCUT2D eigenvalue weighted by atomic mass is 10.1. The van der Waals surface area contributed by atoms with Crippen molar-refractivity contribution in [2.75, 3.05) is 32.3 Å². The fourth-order valence-electron chi connectivity index (χ4n) is 4.71. The fourth-order valence-corrected chi connectivity index (χ4v) is 4.83. The van der Waals surface area contributed by atoms with Crippen molar-refractivity contribution < 1.29 is 19.0 Å². The van der Waals surface area contributed by atoms with Crippen molar-refractivity contribution in [3.8, 4) is 17.2 Å². The zero-order chi connectivity index (χ0) is 25.1. The average molecular weight is 506 g/mol. The SMILES string of the molecule is COc1ccc(OC)c(N2CC(c3nc4ccccc4n3CCCOc3ccc(Cl)cc3)CC2=O)c1. The van der Waals surface area contributed by atoms with E-state index in [1.165, 1.54) is 0 Å². The molecule has 0 bridgehead atoms. The summed E-state index contributed by atoms with van der Waals surface area (Å²) >= 11 is 5.96. The van der Waals surface area contributed by atoms with Crippen molar-refractivity contribution in [2.24, 2.45) is 0 Å². The highest BCUT2D eigenvalue weighted by Gasteiger charge is 2.36. The monoisotopic (exact) mass is 505 g/mol. The molecule has 1 saturated heterocycles. The molecule has 0 radical (unpaired) electrons. The van der Waals surface area contributed by atoms with Gasteiger partial charge in [-0.05, 0) is 55.0 Å². The summed E-state index contributed by atoms with van der Waals surface area (Å²) < 4.78 is 19.0. The van der Waals surface area contributed by atoms with Crippen molar-refractivity contribution in [3.63, 3.8) is 0 Å². The first-order valence-corrected chi connectivity index (χ1v) is 12.3. The Morgan fingerprint density at radius 3 is 2.56 bits per heavy atom. The number of hydrogen-bond donors (Lipinski definition) is 0. The van der Waals surface area contributed by atoms with E-state index in [2.05, 4.69) is 10.6 Å². The van der Waals surface area contributed by atoms with Crippen molar-refractivity contribution in [1.29, 1.82) is 0 Å². The molecule has 0 spiro atoms. The number of hydrogen-bond acceptors (Lipinski definition) is 5. The molecule has 1 fully saturated rings. The third kappa shape index (κ3) is 4.84. The Bertz CT molecular complexity index is 1370. The zero-order valence-corrected chi connectivity index (χ0v) is 21.1. The molecule has 4 aromatic rings. The van der Waals surface area contributed by atoms with Gasteiger partial charge in [0.15, 0.2) is 0 Å². The van der Waals surface area contributed by atoms with Gasteiger partial charge in [-0.2, -0.15) is 0 Å². The van der Waals surface area contributed by atoms with Crippen LogP contribution in [0.2, 0.25) is 5.02 Å². The van der Waals surface area contributed by atoms with E-state index in [1.807, 2.05) is 60.7 Å². The van der Waals surface area contributed by atoms with Crippen LogP contribution in [0.15, 0.2) is 66.7 Å². The van der Waals surface area contributed by atoms with Crippen molar-refractivity contribution in [3.05, 3.63) is 77.6 Å². The number of nitrogens with zero attached hydrogens (tertiary/aromatic N) is 3. The minimum absolute atomic E-state index is 0.0382. The highest BCUT2D eigenvalue weighted by molar-refractivity contribution is 6.30. The Hall–Kier alpha value is -3.71. The average Bonchev–Trinajstić information content (AvgIpc) is 3.47. The third-order valence-corrected chi connectivity index (χ3v) is 6.71. The molecule has 1 unspecified atom stereocenters. The first-order valence-electron chi connectivity index (χ1n) is 11.9. The van der Waals surface area contributed by atoms with Gasteiger partial charge in [-0.1, -0.05) is 23.7 Å². The van der Waals surface area contributed by atoms with E-state index in [9.17, 15) is 4.79 Å². The molecular weight excluding hydrogens is 478 g/mol. The topological polar surface area (TPSA) is 65.8 Å². The molecule has 1 aromatic heterocycles. The van der Waals surface area contributed by atoms with Crippen LogP contribution in [-0.2, 0) is 11.3 Å². The quantitative estimate of drug-likeness (QED) is 0.273. The number of aromatic nitrogens is 2. The molecule has 1 aliphatic rings. The molecule has 8 heteroatoms. The number of imidazole rings is 1. The number of rotatable bonds is 9. The standard InChI is InChI=1S/C28H28ClN3O4/c1-34-22-12-13-26(35-2)25(17-22)32-18-19(16-27(32)33)28-30-23-6-3-4-7-24(23)31(28)14-5-15-36-21-10-8-20(29)9-11-21/h3-4,6-13,17,19H,5,14-16,18H2,1-2H3. The lowest BCUT2D eigenvalue weighted by Gasteiger charge is -2.20. The number of amides is 1. The van der Waals surface area contributed by atoms with Gasteiger partial charge in [-0.25, -0.2) is 4.98 Å². The maximum absolute atomic E-state index is 13.2. The van der Waals surface area contributed by atoms with Crippen LogP contribution in [0.5, 0.6) is 17.2 Å². The molecule has 186 valence electrons. The summed E-state index contributed by atoms with van der Waals surface area (Å²) in [5.41, 5.74) is 2.70. The molecule has 1 amide bonds. The van der Waals surface area contributed by atoms with Crippen molar-refractivity contribution >= 4 is 34.2 Å². The number of carbonyl (C=O) groups excluding carboxylic acids is 1. The van der Waals surface area contributed by atoms with E-state index in [1.54, 1.807) is 19.1 Å². The van der Waals surface area contributed by atoms with Crippen LogP contribution in [0, 0.1) is 0 Å². The van der Waals surface area contributed by atoms with Gasteiger partial charge < -0.3 is 23.7 Å². The number of ether oxygens (including phenoxy) is 3. The van der Waals surface area contributed by atoms with Crippen molar-refractivity contribution in [1.82, 2.24) is 9.55 Å². The second-order valence-corrected chi connectivity index (χ2v) is 9.15. The Kier molecular flexibility index (Phi) is 7.00. The second-order valence-electron chi connectivity index (χ2n) is 8.71. The minimum atomic E-state index is -0.0435. The number of para-hydroxylation sites is 2. The lowest BCUT2D eigenvalue weighted by Crippen LogP contribution is -2.25. The van der Waals surface area contributed by atoms with Crippen LogP contribution in [0.1, 0.15) is 24.6 Å². The number of halogens is 1. The fraction of sp³-hybridized carbons (Fsp3) is 0.286. The molecule has 0 N–H and O–H groups in total. The molecule has 5 rings (SSSR count). The number of carbonyl (C=O) groups is 1. The molecule has 36 heavy (non-hydrogen) atoms. The van der Waals surface area contributed by atoms with E-state index in [-0.39, 0.29) is 11.8 Å². The molecule has 0 aliphatic carbocycles. The van der Waals surface area contributed by atoms with Gasteiger partial charge in [0.25, 0.3) is 0 Å². The zero-order valence-electron chi connectivity index (χ0n) is 20.3. The number of methoxy groups -OCH3 is 2. The van der Waals surface area contributed by atoms with Crippen LogP contribution in [0.25, 0.3) is 11.0 Å². The van der Waals surface area contributed by atoms with Gasteiger partial charge in [0, 0.05) is 36.5 Å². The summed E-state index contributed by atoms with van der Waals surface area (Å²) in [4.78, 5) is 19.9. The molecule has 1 aliphatic heterocycles. The lowest BCUT2D eigenvalue weighted by molar-refractivity contribution is -0.117. The summed E-state index contributed by atoms with van der Waals surface area (Å²) in [6, 6.07) is 21.0. The van der Waals surface area contributed by atoms with Crippen LogP contribution in [0.4, 0.5) is 5.69 Å². The predicted molar refractivity (Wildman–Crippen MR) is 141 cm³/mol. The maximum atomic E-state index is 13.2. The summed E-state index contributed by atoms with van der Waals surface area (Å²) in [6.45, 7) is 1.81. The molecular formula is C28H28ClN3O4. The van der Waals surface area contributed by atoms with E-state index in [0.717, 1.165) is 35.6 Å². The van der Waals surface area contributed by atoms with E-state index >= 15 is 0 Å². The Morgan fingerprint density at radius 1 is 1.00 bits per heavy atom. The van der Waals surface area contributed by atoms with Gasteiger partial charge >= 0.3 is 0 Å². The molecule has 0 saturated carbocycles. The number of anilines is 1. The van der Waals surface area contributed by atoms with Gasteiger partial charge in [0.1, 0.15) is 23.1 Å². The number of aryl methyl sites for hydroxylation is 1. The van der Waals surface area contributed by atoms with E-state index < -0.39 is 0 Å². The van der Waals surface area contributed by atoms with Crippen LogP contribution in [0.3, 0.4) is 0 Å². The molecule has 3 aromatic carbocycles. The summed E-state index contributed by atoms with van der Waals surface area (Å²) in [7, 11) is 3.22. The normalized spacial score (nSPS) is 15.5. The van der Waals surface area contributed by atoms with Crippen LogP contribution < -0.4 is 19.1 Å². The third-order valence-electron chi connectivity index (χ3n) is 6.46. The van der Waals surface area contributed by atoms with E-state index in [4.69, 9.17) is 30.8 Å². The van der Waals surface area contributed by atoms with Gasteiger partial charge in [-0.15, -0.1) is 0 Å².